The Bertz CT molecular complexity index is 1590. The maximum absolute atomic E-state index is 13.6. The smallest absolute Gasteiger partial charge is 0.413 e. The lowest BCUT2D eigenvalue weighted by Crippen LogP contribution is -2.45. The number of aromatic amines is 1. The maximum atomic E-state index is 13.6. The average molecular weight is 594 g/mol. The van der Waals surface area contributed by atoms with E-state index in [4.69, 9.17) is 4.74 Å². The molecule has 0 aliphatic carbocycles. The fourth-order valence-corrected chi connectivity index (χ4v) is 6.71. The van der Waals surface area contributed by atoms with Gasteiger partial charge in [-0.2, -0.15) is 0 Å². The highest BCUT2D eigenvalue weighted by Crippen LogP contribution is 2.40. The molecule has 2 aliphatic heterocycles. The second-order valence-corrected chi connectivity index (χ2v) is 13.2. The molecular formula is C36H43N5O3. The van der Waals surface area contributed by atoms with Crippen molar-refractivity contribution in [2.75, 3.05) is 31.5 Å². The van der Waals surface area contributed by atoms with Crippen molar-refractivity contribution in [3.8, 4) is 11.3 Å². The van der Waals surface area contributed by atoms with Gasteiger partial charge >= 0.3 is 6.09 Å². The summed E-state index contributed by atoms with van der Waals surface area (Å²) in [5.74, 6) is 1.30. The van der Waals surface area contributed by atoms with Crippen molar-refractivity contribution in [3.63, 3.8) is 0 Å². The molecule has 2 fully saturated rings. The number of pyridine rings is 1. The third-order valence-corrected chi connectivity index (χ3v) is 8.82. The van der Waals surface area contributed by atoms with Gasteiger partial charge in [0.1, 0.15) is 11.4 Å². The number of anilines is 1. The van der Waals surface area contributed by atoms with E-state index >= 15 is 0 Å². The number of amides is 2. The molecule has 0 saturated carbocycles. The van der Waals surface area contributed by atoms with Crippen LogP contribution in [0.1, 0.15) is 63.5 Å². The highest BCUT2D eigenvalue weighted by Gasteiger charge is 2.33. The molecule has 8 heteroatoms. The minimum atomic E-state index is -0.567. The van der Waals surface area contributed by atoms with Crippen LogP contribution in [0.4, 0.5) is 10.6 Å². The van der Waals surface area contributed by atoms with Crippen LogP contribution in [0.3, 0.4) is 0 Å². The molecule has 8 nitrogen and oxygen atoms in total. The van der Waals surface area contributed by atoms with E-state index in [0.717, 1.165) is 64.0 Å². The zero-order chi connectivity index (χ0) is 30.7. The van der Waals surface area contributed by atoms with E-state index in [9.17, 15) is 9.59 Å². The number of aromatic nitrogens is 2. The third kappa shape index (κ3) is 6.97. The van der Waals surface area contributed by atoms with Crippen LogP contribution in [0, 0.1) is 5.92 Å². The van der Waals surface area contributed by atoms with E-state index in [1.165, 1.54) is 27.7 Å². The van der Waals surface area contributed by atoms with Crippen LogP contribution in [0.2, 0.25) is 0 Å². The summed E-state index contributed by atoms with van der Waals surface area (Å²) in [5.41, 5.74) is 5.51. The molecule has 4 aromatic rings. The van der Waals surface area contributed by atoms with Crippen molar-refractivity contribution in [2.45, 2.75) is 64.5 Å². The molecule has 6 rings (SSSR count). The van der Waals surface area contributed by atoms with E-state index < -0.39 is 11.7 Å². The first-order valence-electron chi connectivity index (χ1n) is 15.9. The molecule has 44 heavy (non-hydrogen) atoms. The van der Waals surface area contributed by atoms with E-state index in [0.29, 0.717) is 17.6 Å². The molecule has 2 aromatic heterocycles. The molecule has 0 atom stereocenters. The lowest BCUT2D eigenvalue weighted by Gasteiger charge is -2.37. The van der Waals surface area contributed by atoms with Crippen LogP contribution in [0.5, 0.6) is 0 Å². The Hall–Kier alpha value is -4.17. The molecule has 2 aliphatic rings. The number of para-hydroxylation sites is 1. The van der Waals surface area contributed by atoms with Crippen molar-refractivity contribution in [1.82, 2.24) is 19.8 Å². The van der Waals surface area contributed by atoms with E-state index in [1.807, 2.05) is 32.9 Å². The second kappa shape index (κ2) is 12.8. The zero-order valence-electron chi connectivity index (χ0n) is 26.0. The largest absolute Gasteiger partial charge is 0.444 e. The van der Waals surface area contributed by atoms with Gasteiger partial charge in [0.15, 0.2) is 0 Å². The Morgan fingerprint density at radius 1 is 0.932 bits per heavy atom. The first kappa shape index (κ1) is 29.9. The summed E-state index contributed by atoms with van der Waals surface area (Å²) in [4.78, 5) is 38.2. The molecule has 2 aromatic carbocycles. The summed E-state index contributed by atoms with van der Waals surface area (Å²) in [6.07, 6.45) is 4.90. The Morgan fingerprint density at radius 3 is 2.36 bits per heavy atom. The fraction of sp³-hybridized carbons (Fsp3) is 0.417. The zero-order valence-corrected chi connectivity index (χ0v) is 26.0. The Balaban J connectivity index is 1.02. The Kier molecular flexibility index (Phi) is 8.71. The minimum absolute atomic E-state index is 0.0811. The van der Waals surface area contributed by atoms with E-state index in [1.54, 1.807) is 6.20 Å². The molecule has 0 unspecified atom stereocenters. The average Bonchev–Trinajstić information content (AvgIpc) is 3.41. The standard InChI is InChI=1S/C36H43N5O3/c1-36(2,3)44-35(43)39-31-23-25(13-18-37-31)24-40-19-14-28(15-20-40)34(42)41-21-16-26(17-22-41)32-29-11-7-8-12-30(29)38-33(32)27-9-5-4-6-10-27/h4-13,18,23,26,28,38H,14-17,19-22,24H2,1-3H3,(H,37,39,43). The summed E-state index contributed by atoms with van der Waals surface area (Å²) < 4.78 is 5.34. The molecule has 2 saturated heterocycles. The lowest BCUT2D eigenvalue weighted by atomic mass is 9.85. The van der Waals surface area contributed by atoms with Gasteiger partial charge in [-0.15, -0.1) is 0 Å². The van der Waals surface area contributed by atoms with Gasteiger partial charge in [-0.25, -0.2) is 9.78 Å². The number of carbonyl (C=O) groups excluding carboxylic acids is 2. The number of carbonyl (C=O) groups is 2. The van der Waals surface area contributed by atoms with Crippen molar-refractivity contribution in [3.05, 3.63) is 84.1 Å². The fourth-order valence-electron chi connectivity index (χ4n) is 6.71. The van der Waals surface area contributed by atoms with Gasteiger partial charge in [0.25, 0.3) is 0 Å². The Labute approximate surface area is 259 Å². The van der Waals surface area contributed by atoms with Crippen molar-refractivity contribution >= 4 is 28.7 Å². The molecule has 0 spiro atoms. The van der Waals surface area contributed by atoms with Crippen LogP contribution in [-0.2, 0) is 16.1 Å². The lowest BCUT2D eigenvalue weighted by molar-refractivity contribution is -0.138. The maximum Gasteiger partial charge on any atom is 0.413 e. The summed E-state index contributed by atoms with van der Waals surface area (Å²) in [6, 6.07) is 23.0. The molecule has 2 amide bonds. The molecule has 0 bridgehead atoms. The molecule has 4 heterocycles. The quantitative estimate of drug-likeness (QED) is 0.247. The summed E-state index contributed by atoms with van der Waals surface area (Å²) >= 11 is 0. The second-order valence-electron chi connectivity index (χ2n) is 13.2. The normalized spacial score (nSPS) is 17.1. The number of hydrogen-bond acceptors (Lipinski definition) is 5. The van der Waals surface area contributed by atoms with Gasteiger partial charge < -0.3 is 14.6 Å². The van der Waals surface area contributed by atoms with Gasteiger partial charge in [0, 0.05) is 48.3 Å². The summed E-state index contributed by atoms with van der Waals surface area (Å²) in [7, 11) is 0. The van der Waals surface area contributed by atoms with Crippen LogP contribution in [-0.4, -0.2) is 63.5 Å². The number of rotatable bonds is 6. The number of nitrogens with zero attached hydrogens (tertiary/aromatic N) is 3. The van der Waals surface area contributed by atoms with Gasteiger partial charge in [-0.1, -0.05) is 48.5 Å². The number of H-pyrrole nitrogens is 1. The van der Waals surface area contributed by atoms with Crippen LogP contribution in [0.25, 0.3) is 22.2 Å². The predicted molar refractivity (Wildman–Crippen MR) is 174 cm³/mol. The first-order chi connectivity index (χ1) is 21.2. The first-order valence-corrected chi connectivity index (χ1v) is 15.9. The monoisotopic (exact) mass is 593 g/mol. The molecule has 230 valence electrons. The van der Waals surface area contributed by atoms with Gasteiger partial charge in [-0.05, 0) is 100 Å². The summed E-state index contributed by atoms with van der Waals surface area (Å²) in [6.45, 7) is 9.62. The Morgan fingerprint density at radius 2 is 1.64 bits per heavy atom. The van der Waals surface area contributed by atoms with Gasteiger partial charge in [0.2, 0.25) is 5.91 Å². The SMILES string of the molecule is CC(C)(C)OC(=O)Nc1cc(CN2CCC(C(=O)N3CCC(c4c(-c5ccccc5)[nH]c5ccccc45)CC3)CC2)ccn1. The number of ether oxygens (including phenoxy) is 1. The highest BCUT2D eigenvalue weighted by atomic mass is 16.6. The number of piperidine rings is 2. The number of fused-ring (bicyclic) bond motifs is 1. The van der Waals surface area contributed by atoms with E-state index in [2.05, 4.69) is 79.7 Å². The van der Waals surface area contributed by atoms with Crippen molar-refractivity contribution in [2.24, 2.45) is 5.92 Å². The topological polar surface area (TPSA) is 90.6 Å². The third-order valence-electron chi connectivity index (χ3n) is 8.82. The summed E-state index contributed by atoms with van der Waals surface area (Å²) in [5, 5.41) is 4.02. The van der Waals surface area contributed by atoms with Crippen LogP contribution >= 0.6 is 0 Å². The molecule has 0 radical (unpaired) electrons. The van der Waals surface area contributed by atoms with Crippen LogP contribution in [0.15, 0.2) is 72.9 Å². The van der Waals surface area contributed by atoms with Crippen molar-refractivity contribution < 1.29 is 14.3 Å². The van der Waals surface area contributed by atoms with Crippen molar-refractivity contribution in [1.29, 1.82) is 0 Å². The number of nitrogens with one attached hydrogen (secondary N) is 2. The minimum Gasteiger partial charge on any atom is -0.444 e. The number of hydrogen-bond donors (Lipinski definition) is 2. The predicted octanol–water partition coefficient (Wildman–Crippen LogP) is 7.20. The van der Waals surface area contributed by atoms with Gasteiger partial charge in [0.05, 0.1) is 0 Å². The van der Waals surface area contributed by atoms with Crippen LogP contribution < -0.4 is 5.32 Å². The number of benzene rings is 2. The highest BCUT2D eigenvalue weighted by molar-refractivity contribution is 5.91. The number of likely N-dealkylation sites (tertiary alicyclic amines) is 2. The molecule has 2 N–H and O–H groups in total. The van der Waals surface area contributed by atoms with E-state index in [-0.39, 0.29) is 5.92 Å². The molecular weight excluding hydrogens is 550 g/mol. The van der Waals surface area contributed by atoms with Gasteiger partial charge in [-0.3, -0.25) is 15.0 Å².